The summed E-state index contributed by atoms with van der Waals surface area (Å²) in [6, 6.07) is 0. The number of fused-ring (bicyclic) bond motifs is 2. The highest BCUT2D eigenvalue weighted by Gasteiger charge is 2.75. The molecule has 192 valence electrons. The molecule has 2 heterocycles. The van der Waals surface area contributed by atoms with E-state index < -0.39 is 17.1 Å². The highest BCUT2D eigenvalue weighted by Crippen LogP contribution is 2.69. The van der Waals surface area contributed by atoms with Crippen LogP contribution >= 0.6 is 0 Å². The number of esters is 3. The van der Waals surface area contributed by atoms with E-state index in [9.17, 15) is 14.4 Å². The van der Waals surface area contributed by atoms with Crippen LogP contribution in [0.2, 0.25) is 0 Å². The zero-order chi connectivity index (χ0) is 24.7. The monoisotopic (exact) mass is 480 g/mol. The number of ether oxygens (including phenoxy) is 5. The Morgan fingerprint density at radius 2 is 1.82 bits per heavy atom. The van der Waals surface area contributed by atoms with Crippen LogP contribution in [-0.2, 0) is 38.1 Å². The Hall–Kier alpha value is -1.67. The van der Waals surface area contributed by atoms with E-state index in [2.05, 4.69) is 13.8 Å². The summed E-state index contributed by atoms with van der Waals surface area (Å²) < 4.78 is 29.4. The number of hydrogen-bond acceptors (Lipinski definition) is 8. The molecule has 0 aromatic heterocycles. The Labute approximate surface area is 202 Å². The molecule has 1 spiro atoms. The Bertz CT molecular complexity index is 801. The molecule has 2 aliphatic heterocycles. The molecule has 4 rings (SSSR count). The van der Waals surface area contributed by atoms with Crippen molar-refractivity contribution in [3.05, 3.63) is 0 Å². The van der Waals surface area contributed by atoms with E-state index in [-0.39, 0.29) is 53.8 Å². The van der Waals surface area contributed by atoms with Gasteiger partial charge in [-0.05, 0) is 49.4 Å². The van der Waals surface area contributed by atoms with Crippen LogP contribution < -0.4 is 0 Å². The van der Waals surface area contributed by atoms with Crippen LogP contribution in [0.5, 0.6) is 0 Å². The van der Waals surface area contributed by atoms with Crippen molar-refractivity contribution >= 4 is 17.9 Å². The molecule has 2 saturated heterocycles. The van der Waals surface area contributed by atoms with Gasteiger partial charge < -0.3 is 23.7 Å². The second-order valence-corrected chi connectivity index (χ2v) is 11.3. The maximum Gasteiger partial charge on any atom is 0.302 e. The standard InChI is InChI=1S/C26H40O8/c1-16-11-23(34-19(4)29)26(15-31-17(2)27)22(7-6-9-25(26)14-32-25)24(16,5)12-21(33-18(3)28)20-8-10-30-13-20/h16,20-23H,6-15H2,1-5H3/t16-,20-,21+,22-,23+,24+,25+,26+/m1/s1. The highest BCUT2D eigenvalue weighted by molar-refractivity contribution is 5.67. The van der Waals surface area contributed by atoms with Crippen LogP contribution in [0.4, 0.5) is 0 Å². The zero-order valence-corrected chi connectivity index (χ0v) is 21.2. The van der Waals surface area contributed by atoms with Gasteiger partial charge in [0.25, 0.3) is 0 Å². The molecule has 4 fully saturated rings. The minimum atomic E-state index is -0.628. The maximum atomic E-state index is 12.2. The van der Waals surface area contributed by atoms with Gasteiger partial charge in [0.15, 0.2) is 0 Å². The summed E-state index contributed by atoms with van der Waals surface area (Å²) in [5.41, 5.74) is -1.32. The second kappa shape index (κ2) is 9.41. The second-order valence-electron chi connectivity index (χ2n) is 11.3. The first kappa shape index (κ1) is 25.4. The minimum absolute atomic E-state index is 0.0732. The summed E-state index contributed by atoms with van der Waals surface area (Å²) in [6.45, 7) is 10.8. The zero-order valence-electron chi connectivity index (χ0n) is 21.2. The third-order valence-electron chi connectivity index (χ3n) is 9.37. The van der Waals surface area contributed by atoms with Gasteiger partial charge in [0, 0.05) is 33.3 Å². The quantitative estimate of drug-likeness (QED) is 0.310. The third kappa shape index (κ3) is 4.36. The number of epoxide rings is 1. The van der Waals surface area contributed by atoms with Crippen molar-refractivity contribution in [1.82, 2.24) is 0 Å². The van der Waals surface area contributed by atoms with Gasteiger partial charge in [0.05, 0.1) is 18.6 Å². The van der Waals surface area contributed by atoms with Crippen molar-refractivity contribution in [2.24, 2.45) is 28.6 Å². The molecular formula is C26H40O8. The van der Waals surface area contributed by atoms with E-state index in [1.165, 1.54) is 20.8 Å². The normalized spacial score (nSPS) is 41.9. The number of hydrogen-bond donors (Lipinski definition) is 0. The van der Waals surface area contributed by atoms with Crippen molar-refractivity contribution in [2.45, 2.75) is 91.0 Å². The maximum absolute atomic E-state index is 12.2. The van der Waals surface area contributed by atoms with E-state index >= 15 is 0 Å². The van der Waals surface area contributed by atoms with E-state index in [0.29, 0.717) is 32.7 Å². The highest BCUT2D eigenvalue weighted by atomic mass is 16.6. The molecule has 8 heteroatoms. The van der Waals surface area contributed by atoms with Gasteiger partial charge in [-0.1, -0.05) is 20.3 Å². The first-order valence-electron chi connectivity index (χ1n) is 12.7. The molecule has 0 unspecified atom stereocenters. The molecule has 0 aromatic rings. The molecule has 0 amide bonds. The number of carbonyl (C=O) groups is 3. The SMILES string of the molecule is CC(=O)OC[C@@]12[C@@H](OC(C)=O)C[C@@H](C)[C@](C)(C[C@H](OC(C)=O)[C@@H]3CCOC3)[C@H]1CCC[C@]21CO1. The summed E-state index contributed by atoms with van der Waals surface area (Å²) in [5.74, 6) is -0.526. The molecule has 34 heavy (non-hydrogen) atoms. The average Bonchev–Trinajstić information content (AvgIpc) is 3.30. The summed E-state index contributed by atoms with van der Waals surface area (Å²) in [7, 11) is 0. The van der Waals surface area contributed by atoms with Gasteiger partial charge in [-0.25, -0.2) is 0 Å². The fourth-order valence-corrected chi connectivity index (χ4v) is 7.52. The largest absolute Gasteiger partial charge is 0.465 e. The van der Waals surface area contributed by atoms with Crippen LogP contribution in [-0.4, -0.2) is 62.1 Å². The van der Waals surface area contributed by atoms with Crippen molar-refractivity contribution in [2.75, 3.05) is 26.4 Å². The Morgan fingerprint density at radius 3 is 2.38 bits per heavy atom. The van der Waals surface area contributed by atoms with Crippen molar-refractivity contribution < 1.29 is 38.1 Å². The molecule has 0 radical (unpaired) electrons. The van der Waals surface area contributed by atoms with Gasteiger partial charge in [0.2, 0.25) is 0 Å². The van der Waals surface area contributed by atoms with Gasteiger partial charge in [-0.15, -0.1) is 0 Å². The van der Waals surface area contributed by atoms with Crippen molar-refractivity contribution in [3.63, 3.8) is 0 Å². The van der Waals surface area contributed by atoms with E-state index in [0.717, 1.165) is 25.7 Å². The van der Waals surface area contributed by atoms with Crippen LogP contribution in [0.25, 0.3) is 0 Å². The van der Waals surface area contributed by atoms with E-state index in [4.69, 9.17) is 23.7 Å². The van der Waals surface area contributed by atoms with E-state index in [1.54, 1.807) is 0 Å². The lowest BCUT2D eigenvalue weighted by Crippen LogP contribution is -2.67. The lowest BCUT2D eigenvalue weighted by atomic mass is 9.42. The Kier molecular flexibility index (Phi) is 7.04. The number of carbonyl (C=O) groups excluding carboxylic acids is 3. The molecule has 0 bridgehead atoms. The molecule has 8 atom stereocenters. The molecule has 0 aromatic carbocycles. The predicted octanol–water partition coefficient (Wildman–Crippen LogP) is 3.44. The summed E-state index contributed by atoms with van der Waals surface area (Å²) in [6.07, 6.45) is 4.32. The van der Waals surface area contributed by atoms with Gasteiger partial charge >= 0.3 is 17.9 Å². The summed E-state index contributed by atoms with van der Waals surface area (Å²) in [5, 5.41) is 0. The first-order chi connectivity index (χ1) is 16.0. The molecule has 2 saturated carbocycles. The van der Waals surface area contributed by atoms with Gasteiger partial charge in [0.1, 0.15) is 24.4 Å². The van der Waals surface area contributed by atoms with E-state index in [1.807, 2.05) is 0 Å². The molecule has 0 N–H and O–H groups in total. The average molecular weight is 481 g/mol. The smallest absolute Gasteiger partial charge is 0.302 e. The predicted molar refractivity (Wildman–Crippen MR) is 122 cm³/mol. The lowest BCUT2D eigenvalue weighted by Gasteiger charge is -2.63. The third-order valence-corrected chi connectivity index (χ3v) is 9.37. The van der Waals surface area contributed by atoms with Gasteiger partial charge in [-0.3, -0.25) is 14.4 Å². The Morgan fingerprint density at radius 1 is 1.09 bits per heavy atom. The lowest BCUT2D eigenvalue weighted by molar-refractivity contribution is -0.234. The van der Waals surface area contributed by atoms with Crippen LogP contribution in [0.3, 0.4) is 0 Å². The summed E-state index contributed by atoms with van der Waals surface area (Å²) in [4.78, 5) is 36.2. The molecular weight excluding hydrogens is 440 g/mol. The molecule has 8 nitrogen and oxygen atoms in total. The van der Waals surface area contributed by atoms with Crippen molar-refractivity contribution in [3.8, 4) is 0 Å². The molecule has 4 aliphatic rings. The summed E-state index contributed by atoms with van der Waals surface area (Å²) >= 11 is 0. The fourth-order valence-electron chi connectivity index (χ4n) is 7.52. The fraction of sp³-hybridized carbons (Fsp3) is 0.885. The first-order valence-corrected chi connectivity index (χ1v) is 12.7. The van der Waals surface area contributed by atoms with Crippen LogP contribution in [0.1, 0.15) is 73.1 Å². The topological polar surface area (TPSA) is 101 Å². The molecule has 2 aliphatic carbocycles. The minimum Gasteiger partial charge on any atom is -0.465 e. The van der Waals surface area contributed by atoms with Crippen LogP contribution in [0, 0.1) is 28.6 Å². The van der Waals surface area contributed by atoms with Crippen molar-refractivity contribution in [1.29, 1.82) is 0 Å². The van der Waals surface area contributed by atoms with Crippen LogP contribution in [0.15, 0.2) is 0 Å². The Balaban J connectivity index is 1.75. The number of rotatable bonds is 7. The van der Waals surface area contributed by atoms with Gasteiger partial charge in [-0.2, -0.15) is 0 Å².